The molecule has 0 aliphatic carbocycles. The van der Waals surface area contributed by atoms with Crippen molar-refractivity contribution in [1.82, 2.24) is 0 Å². The van der Waals surface area contributed by atoms with Gasteiger partial charge in [-0.15, -0.1) is 0 Å². The largest absolute Gasteiger partial charge is 0.375 e. The Bertz CT molecular complexity index is 277. The Morgan fingerprint density at radius 2 is 1.50 bits per heavy atom. The van der Waals surface area contributed by atoms with Crippen LogP contribution in [0.15, 0.2) is 0 Å². The molecule has 18 heavy (non-hydrogen) atoms. The van der Waals surface area contributed by atoms with Crippen molar-refractivity contribution in [2.45, 2.75) is 66.1 Å². The van der Waals surface area contributed by atoms with Crippen molar-refractivity contribution in [3.05, 3.63) is 0 Å². The second kappa shape index (κ2) is 6.02. The molecular weight excluding hydrogens is 230 g/mol. The highest BCUT2D eigenvalue weighted by atomic mass is 16.5. The van der Waals surface area contributed by atoms with Crippen LogP contribution >= 0.6 is 0 Å². The Morgan fingerprint density at radius 3 is 1.89 bits per heavy atom. The number of hydrogen-bond donors (Lipinski definition) is 1. The van der Waals surface area contributed by atoms with Gasteiger partial charge >= 0.3 is 0 Å². The van der Waals surface area contributed by atoms with Crippen molar-refractivity contribution < 1.29 is 14.3 Å². The molecule has 0 saturated heterocycles. The molecule has 1 amide bonds. The number of hydrogen-bond acceptors (Lipinski definition) is 3. The first-order valence-corrected chi connectivity index (χ1v) is 6.44. The predicted octanol–water partition coefficient (Wildman–Crippen LogP) is 2.50. The lowest BCUT2D eigenvalue weighted by Crippen LogP contribution is -2.42. The monoisotopic (exact) mass is 259 g/mol. The molecule has 2 N–H and O–H groups in total. The van der Waals surface area contributed by atoms with Crippen molar-refractivity contribution in [3.63, 3.8) is 0 Å². The highest BCUT2D eigenvalue weighted by Gasteiger charge is 2.28. The predicted molar refractivity (Wildman–Crippen MR) is 73.3 cm³/mol. The summed E-state index contributed by atoms with van der Waals surface area (Å²) in [5.74, 6) is -0.448. The van der Waals surface area contributed by atoms with E-state index in [1.807, 2.05) is 13.8 Å². The summed E-state index contributed by atoms with van der Waals surface area (Å²) in [6.07, 6.45) is 0.722. The van der Waals surface area contributed by atoms with Gasteiger partial charge in [-0.1, -0.05) is 20.8 Å². The molecule has 4 nitrogen and oxygen atoms in total. The van der Waals surface area contributed by atoms with Crippen LogP contribution in [0.25, 0.3) is 0 Å². The Hall–Kier alpha value is -0.610. The van der Waals surface area contributed by atoms with Gasteiger partial charge in [0.1, 0.15) is 5.60 Å². The zero-order valence-electron chi connectivity index (χ0n) is 12.9. The minimum atomic E-state index is -0.917. The fourth-order valence-electron chi connectivity index (χ4n) is 1.11. The van der Waals surface area contributed by atoms with Crippen molar-refractivity contribution >= 4 is 5.91 Å². The molecular formula is C14H29NO3. The van der Waals surface area contributed by atoms with Gasteiger partial charge in [-0.3, -0.25) is 4.79 Å². The molecule has 0 aliphatic rings. The van der Waals surface area contributed by atoms with Crippen molar-refractivity contribution in [2.75, 3.05) is 13.2 Å². The van der Waals surface area contributed by atoms with Crippen LogP contribution in [-0.2, 0) is 14.3 Å². The van der Waals surface area contributed by atoms with E-state index in [1.54, 1.807) is 13.8 Å². The smallest absolute Gasteiger partial charge is 0.249 e. The van der Waals surface area contributed by atoms with Gasteiger partial charge in [0.05, 0.1) is 18.8 Å². The third-order valence-electron chi connectivity index (χ3n) is 2.66. The Morgan fingerprint density at radius 1 is 1.00 bits per heavy atom. The molecule has 0 atom stereocenters. The van der Waals surface area contributed by atoms with Crippen LogP contribution in [0.4, 0.5) is 0 Å². The summed E-state index contributed by atoms with van der Waals surface area (Å²) >= 11 is 0. The van der Waals surface area contributed by atoms with Crippen LogP contribution in [0.1, 0.15) is 54.9 Å². The molecule has 0 unspecified atom stereocenters. The van der Waals surface area contributed by atoms with E-state index in [0.717, 1.165) is 6.42 Å². The molecule has 0 aliphatic heterocycles. The Kier molecular flexibility index (Phi) is 5.82. The number of ether oxygens (including phenoxy) is 2. The fourth-order valence-corrected chi connectivity index (χ4v) is 1.11. The van der Waals surface area contributed by atoms with Crippen LogP contribution in [0, 0.1) is 5.41 Å². The second-order valence-electron chi connectivity index (χ2n) is 7.08. The van der Waals surface area contributed by atoms with Gasteiger partial charge in [-0.05, 0) is 39.5 Å². The summed E-state index contributed by atoms with van der Waals surface area (Å²) in [7, 11) is 0. The minimum absolute atomic E-state index is 0.143. The number of primary amides is 1. The van der Waals surface area contributed by atoms with Crippen molar-refractivity contribution in [3.8, 4) is 0 Å². The average molecular weight is 259 g/mol. The van der Waals surface area contributed by atoms with Crippen molar-refractivity contribution in [2.24, 2.45) is 11.1 Å². The maximum Gasteiger partial charge on any atom is 0.249 e. The van der Waals surface area contributed by atoms with E-state index < -0.39 is 11.5 Å². The summed E-state index contributed by atoms with van der Waals surface area (Å²) in [5, 5.41) is 0. The van der Waals surface area contributed by atoms with Gasteiger partial charge in [-0.25, -0.2) is 0 Å². The third-order valence-corrected chi connectivity index (χ3v) is 2.66. The first-order chi connectivity index (χ1) is 7.86. The van der Waals surface area contributed by atoms with Gasteiger partial charge in [-0.2, -0.15) is 0 Å². The molecule has 0 bridgehead atoms. The number of amides is 1. The van der Waals surface area contributed by atoms with E-state index in [4.69, 9.17) is 15.2 Å². The SMILES string of the molecule is CC(C)(C)COC(C)(C)CCOC(C)(C)C(N)=O. The Balaban J connectivity index is 4.09. The van der Waals surface area contributed by atoms with Crippen LogP contribution in [0.3, 0.4) is 0 Å². The summed E-state index contributed by atoms with van der Waals surface area (Å²) in [6, 6.07) is 0. The molecule has 0 heterocycles. The number of carbonyl (C=O) groups excluding carboxylic acids is 1. The normalized spacial score (nSPS) is 13.7. The van der Waals surface area contributed by atoms with E-state index in [-0.39, 0.29) is 11.0 Å². The average Bonchev–Trinajstić information content (AvgIpc) is 2.13. The topological polar surface area (TPSA) is 61.6 Å². The van der Waals surface area contributed by atoms with Gasteiger partial charge in [0, 0.05) is 0 Å². The van der Waals surface area contributed by atoms with Crippen LogP contribution in [0.5, 0.6) is 0 Å². The molecule has 0 spiro atoms. The van der Waals surface area contributed by atoms with Gasteiger partial charge in [0.15, 0.2) is 0 Å². The van der Waals surface area contributed by atoms with Gasteiger partial charge < -0.3 is 15.2 Å². The molecule has 0 aromatic carbocycles. The summed E-state index contributed by atoms with van der Waals surface area (Å²) in [5.41, 5.74) is 4.20. The summed E-state index contributed by atoms with van der Waals surface area (Å²) < 4.78 is 11.4. The van der Waals surface area contributed by atoms with E-state index >= 15 is 0 Å². The van der Waals surface area contributed by atoms with E-state index in [9.17, 15) is 4.79 Å². The highest BCUT2D eigenvalue weighted by molar-refractivity contribution is 5.82. The standard InChI is InChI=1S/C14H29NO3/c1-12(2,3)10-18-13(4,5)8-9-17-14(6,7)11(15)16/h8-10H2,1-7H3,(H2,15,16). The maximum atomic E-state index is 11.1. The van der Waals surface area contributed by atoms with E-state index in [0.29, 0.717) is 13.2 Å². The number of rotatable bonds is 7. The van der Waals surface area contributed by atoms with Gasteiger partial charge in [0.25, 0.3) is 0 Å². The molecule has 0 rings (SSSR count). The highest BCUT2D eigenvalue weighted by Crippen LogP contribution is 2.22. The molecule has 4 heteroatoms. The van der Waals surface area contributed by atoms with Crippen LogP contribution in [-0.4, -0.2) is 30.3 Å². The first kappa shape index (κ1) is 17.4. The fraction of sp³-hybridized carbons (Fsp3) is 0.929. The molecule has 0 radical (unpaired) electrons. The van der Waals surface area contributed by atoms with Crippen LogP contribution < -0.4 is 5.73 Å². The lowest BCUT2D eigenvalue weighted by Gasteiger charge is -2.31. The van der Waals surface area contributed by atoms with Crippen molar-refractivity contribution in [1.29, 1.82) is 0 Å². The first-order valence-electron chi connectivity index (χ1n) is 6.44. The zero-order chi connectivity index (χ0) is 14.6. The van der Waals surface area contributed by atoms with Gasteiger partial charge in [0.2, 0.25) is 5.91 Å². The third kappa shape index (κ3) is 7.67. The maximum absolute atomic E-state index is 11.1. The lowest BCUT2D eigenvalue weighted by molar-refractivity contribution is -0.142. The quantitative estimate of drug-likeness (QED) is 0.764. The molecule has 0 aromatic heterocycles. The number of carbonyl (C=O) groups is 1. The molecule has 0 saturated carbocycles. The second-order valence-corrected chi connectivity index (χ2v) is 7.08. The van der Waals surface area contributed by atoms with Crippen LogP contribution in [0.2, 0.25) is 0 Å². The Labute approximate surface area is 111 Å². The lowest BCUT2D eigenvalue weighted by atomic mass is 9.97. The molecule has 0 fully saturated rings. The van der Waals surface area contributed by atoms with E-state index in [2.05, 4.69) is 20.8 Å². The zero-order valence-corrected chi connectivity index (χ0v) is 12.9. The molecule has 108 valence electrons. The van der Waals surface area contributed by atoms with E-state index in [1.165, 1.54) is 0 Å². The molecule has 0 aromatic rings. The minimum Gasteiger partial charge on any atom is -0.375 e. The summed E-state index contributed by atoms with van der Waals surface area (Å²) in [4.78, 5) is 11.1. The number of nitrogens with two attached hydrogens (primary N) is 1. The summed E-state index contributed by atoms with van der Waals surface area (Å²) in [6.45, 7) is 15.0.